The van der Waals surface area contributed by atoms with Crippen molar-refractivity contribution in [3.63, 3.8) is 0 Å². The Morgan fingerprint density at radius 2 is 1.79 bits per heavy atom. The average Bonchev–Trinajstić information content (AvgIpc) is 3.44. The summed E-state index contributed by atoms with van der Waals surface area (Å²) in [6.07, 6.45) is 10.9. The molecule has 1 aromatic carbocycles. The van der Waals surface area contributed by atoms with Gasteiger partial charge < -0.3 is 15.0 Å². The lowest BCUT2D eigenvalue weighted by Crippen LogP contribution is -2.48. The van der Waals surface area contributed by atoms with Crippen LogP contribution in [0.15, 0.2) is 42.7 Å². The van der Waals surface area contributed by atoms with Gasteiger partial charge in [-0.2, -0.15) is 0 Å². The van der Waals surface area contributed by atoms with E-state index in [-0.39, 0.29) is 5.91 Å². The molecule has 0 radical (unpaired) electrons. The molecule has 0 aliphatic carbocycles. The fourth-order valence-corrected chi connectivity index (χ4v) is 6.08. The van der Waals surface area contributed by atoms with Crippen LogP contribution < -0.4 is 15.0 Å². The first-order valence-electron chi connectivity index (χ1n) is 14.3. The molecule has 3 aliphatic rings. The molecule has 6 rings (SSSR count). The molecule has 10 nitrogen and oxygen atoms in total. The number of aryl methyl sites for hydroxylation is 1. The minimum Gasteiger partial charge on any atom is -0.487 e. The Morgan fingerprint density at radius 3 is 2.67 bits per heavy atom. The van der Waals surface area contributed by atoms with E-state index in [1.165, 1.54) is 19.3 Å². The zero-order valence-corrected chi connectivity index (χ0v) is 22.6. The zero-order valence-electron chi connectivity index (χ0n) is 22.6. The van der Waals surface area contributed by atoms with Crippen LogP contribution in [-0.4, -0.2) is 61.9 Å². The molecule has 2 aromatic heterocycles. The van der Waals surface area contributed by atoms with Crippen molar-refractivity contribution >= 4 is 11.9 Å². The number of carbonyl (C=O) groups is 1. The fraction of sp³-hybridized carbons (Fsp3) is 0.552. The second-order valence-corrected chi connectivity index (χ2v) is 11.1. The molecule has 2 fully saturated rings. The zero-order chi connectivity index (χ0) is 26.5. The second kappa shape index (κ2) is 11.7. The molecule has 5 heterocycles. The average molecular weight is 531 g/mol. The normalized spacial score (nSPS) is 20.5. The summed E-state index contributed by atoms with van der Waals surface area (Å²) in [6.45, 7) is 6.14. The monoisotopic (exact) mass is 530 g/mol. The summed E-state index contributed by atoms with van der Waals surface area (Å²) >= 11 is 0. The van der Waals surface area contributed by atoms with Gasteiger partial charge in [0.2, 0.25) is 11.9 Å². The van der Waals surface area contributed by atoms with Crippen LogP contribution >= 0.6 is 0 Å². The number of hydrogen-bond donors (Lipinski definition) is 1. The first kappa shape index (κ1) is 25.7. The number of piperidine rings is 2. The number of anilines is 1. The number of nitrogens with one attached hydrogen (secondary N) is 1. The minimum atomic E-state index is -0.398. The predicted octanol–water partition coefficient (Wildman–Crippen LogP) is 3.33. The predicted molar refractivity (Wildman–Crippen MR) is 147 cm³/mol. The van der Waals surface area contributed by atoms with Gasteiger partial charge in [-0.3, -0.25) is 14.4 Å². The molecule has 0 unspecified atom stereocenters. The number of ether oxygens (including phenoxy) is 1. The van der Waals surface area contributed by atoms with Crippen LogP contribution in [0, 0.1) is 5.41 Å². The van der Waals surface area contributed by atoms with E-state index in [2.05, 4.69) is 30.4 Å². The summed E-state index contributed by atoms with van der Waals surface area (Å²) in [5.74, 6) is 1.76. The van der Waals surface area contributed by atoms with Crippen LogP contribution in [0.5, 0.6) is 5.75 Å². The van der Waals surface area contributed by atoms with Gasteiger partial charge in [0.05, 0.1) is 17.3 Å². The molecule has 206 valence electrons. The maximum Gasteiger partial charge on any atom is 0.226 e. The molecule has 0 atom stereocenters. The molecule has 1 N–H and O–H groups in total. The van der Waals surface area contributed by atoms with E-state index >= 15 is 0 Å². The number of hydrogen-bond acceptors (Lipinski definition) is 8. The van der Waals surface area contributed by atoms with Gasteiger partial charge in [0.15, 0.2) is 0 Å². The Bertz CT molecular complexity index is 1260. The van der Waals surface area contributed by atoms with Crippen LogP contribution in [0.25, 0.3) is 0 Å². The van der Waals surface area contributed by atoms with Gasteiger partial charge in [-0.15, -0.1) is 5.10 Å². The summed E-state index contributed by atoms with van der Waals surface area (Å²) < 4.78 is 7.90. The second-order valence-electron chi connectivity index (χ2n) is 11.1. The molecule has 0 saturated carbocycles. The van der Waals surface area contributed by atoms with Crippen LogP contribution in [0.2, 0.25) is 0 Å². The van der Waals surface area contributed by atoms with Crippen LogP contribution in [-0.2, 0) is 31.0 Å². The number of fused-ring (bicyclic) bond motifs is 3. The summed E-state index contributed by atoms with van der Waals surface area (Å²) in [5, 5.41) is 11.8. The van der Waals surface area contributed by atoms with Crippen molar-refractivity contribution in [3.05, 3.63) is 59.7 Å². The Hall–Kier alpha value is -3.53. The molecule has 1 spiro atoms. The molecular weight excluding hydrogens is 492 g/mol. The lowest BCUT2D eigenvalue weighted by atomic mass is 9.73. The smallest absolute Gasteiger partial charge is 0.226 e. The number of likely N-dealkylation sites (tertiary alicyclic amines) is 1. The minimum absolute atomic E-state index is 0.141. The molecule has 1 amide bonds. The first-order valence-corrected chi connectivity index (χ1v) is 14.3. The van der Waals surface area contributed by atoms with E-state index in [1.807, 2.05) is 47.4 Å². The van der Waals surface area contributed by atoms with Crippen molar-refractivity contribution in [3.8, 4) is 5.75 Å². The van der Waals surface area contributed by atoms with E-state index in [4.69, 9.17) is 9.72 Å². The van der Waals surface area contributed by atoms with Gasteiger partial charge in [-0.25, -0.2) is 9.97 Å². The van der Waals surface area contributed by atoms with Crippen molar-refractivity contribution in [2.45, 2.75) is 71.2 Å². The van der Waals surface area contributed by atoms with E-state index in [9.17, 15) is 4.79 Å². The fourth-order valence-electron chi connectivity index (χ4n) is 6.08. The maximum absolute atomic E-state index is 13.8. The number of nitrogens with zero attached hydrogens (tertiary/aromatic N) is 7. The van der Waals surface area contributed by atoms with Crippen LogP contribution in [0.4, 0.5) is 5.95 Å². The van der Waals surface area contributed by atoms with E-state index in [1.54, 1.807) is 0 Å². The molecule has 10 heteroatoms. The summed E-state index contributed by atoms with van der Waals surface area (Å²) in [6, 6.07) is 9.90. The quantitative estimate of drug-likeness (QED) is 0.550. The van der Waals surface area contributed by atoms with E-state index in [0.717, 1.165) is 93.6 Å². The number of amides is 1. The van der Waals surface area contributed by atoms with Gasteiger partial charge >= 0.3 is 0 Å². The van der Waals surface area contributed by atoms with Crippen molar-refractivity contribution in [1.29, 1.82) is 0 Å². The Morgan fingerprint density at radius 1 is 0.949 bits per heavy atom. The van der Waals surface area contributed by atoms with Crippen molar-refractivity contribution in [2.75, 3.05) is 31.1 Å². The number of benzene rings is 1. The Kier molecular flexibility index (Phi) is 7.71. The molecule has 39 heavy (non-hydrogen) atoms. The van der Waals surface area contributed by atoms with E-state index < -0.39 is 5.41 Å². The summed E-state index contributed by atoms with van der Waals surface area (Å²) in [7, 11) is 0. The largest absolute Gasteiger partial charge is 0.487 e. The molecule has 2 saturated heterocycles. The number of rotatable bonds is 3. The third kappa shape index (κ3) is 6.06. The molecule has 3 aliphatic heterocycles. The SMILES string of the molecule is O=C1NCc2ccccc2OCc2cn(nn2)CCCC12CCN(Cc1ccnc(N3CCCCC3)n1)CC2. The van der Waals surface area contributed by atoms with Gasteiger partial charge in [0, 0.05) is 44.5 Å². The van der Waals surface area contributed by atoms with Crippen LogP contribution in [0.1, 0.15) is 61.9 Å². The lowest BCUT2D eigenvalue weighted by molar-refractivity contribution is -0.135. The molecular formula is C29H38N8O2. The highest BCUT2D eigenvalue weighted by molar-refractivity contribution is 5.82. The number of para-hydroxylation sites is 1. The Balaban J connectivity index is 1.14. The topological polar surface area (TPSA) is 101 Å². The third-order valence-corrected chi connectivity index (χ3v) is 8.44. The highest BCUT2D eigenvalue weighted by Gasteiger charge is 2.41. The standard InChI is InChI=1S/C29H38N8O2/c38-27-29(10-6-16-37-21-25(33-34-37)22-39-26-8-3-2-7-23(26)19-31-27)11-17-35(18-12-29)20-24-9-13-30-28(32-24)36-14-4-1-5-15-36/h2-3,7-9,13,21H,1,4-6,10-12,14-20,22H2,(H,31,38). The van der Waals surface area contributed by atoms with Gasteiger partial charge in [0.1, 0.15) is 18.1 Å². The number of aromatic nitrogens is 5. The van der Waals surface area contributed by atoms with Crippen molar-refractivity contribution in [1.82, 2.24) is 35.2 Å². The summed E-state index contributed by atoms with van der Waals surface area (Å²) in [5.41, 5.74) is 2.43. The maximum atomic E-state index is 13.8. The molecule has 2 bridgehead atoms. The Labute approximate surface area is 229 Å². The third-order valence-electron chi connectivity index (χ3n) is 8.44. The number of carbonyl (C=O) groups excluding carboxylic acids is 1. The van der Waals surface area contributed by atoms with E-state index in [0.29, 0.717) is 13.2 Å². The lowest BCUT2D eigenvalue weighted by Gasteiger charge is -2.41. The van der Waals surface area contributed by atoms with Crippen molar-refractivity contribution in [2.24, 2.45) is 5.41 Å². The highest BCUT2D eigenvalue weighted by atomic mass is 16.5. The van der Waals surface area contributed by atoms with Gasteiger partial charge in [-0.05, 0) is 70.2 Å². The first-order chi connectivity index (χ1) is 19.2. The molecule has 3 aromatic rings. The van der Waals surface area contributed by atoms with Crippen molar-refractivity contribution < 1.29 is 9.53 Å². The highest BCUT2D eigenvalue weighted by Crippen LogP contribution is 2.37. The summed E-state index contributed by atoms with van der Waals surface area (Å²) in [4.78, 5) is 27.9. The van der Waals surface area contributed by atoms with Crippen LogP contribution in [0.3, 0.4) is 0 Å². The van der Waals surface area contributed by atoms with Gasteiger partial charge in [-0.1, -0.05) is 23.4 Å². The van der Waals surface area contributed by atoms with Gasteiger partial charge in [0.25, 0.3) is 0 Å².